The van der Waals surface area contributed by atoms with Gasteiger partial charge in [0, 0.05) is 0 Å². The summed E-state index contributed by atoms with van der Waals surface area (Å²) in [5.41, 5.74) is 0.0130. The number of aliphatic hydroxyl groups is 2. The summed E-state index contributed by atoms with van der Waals surface area (Å²) in [4.78, 5) is 0. The van der Waals surface area contributed by atoms with Gasteiger partial charge in [0.1, 0.15) is 0 Å². The van der Waals surface area contributed by atoms with Crippen LogP contribution in [0.1, 0.15) is 73.4 Å². The van der Waals surface area contributed by atoms with Crippen LogP contribution < -0.4 is 5.46 Å². The van der Waals surface area contributed by atoms with Gasteiger partial charge in [-0.05, 0) is 84.4 Å². The van der Waals surface area contributed by atoms with Gasteiger partial charge in [0.15, 0.2) is 0 Å². The fraction of sp³-hybridized carbons (Fsp3) is 0.565. The summed E-state index contributed by atoms with van der Waals surface area (Å²) >= 11 is 0. The molecule has 1 aromatic carbocycles. The van der Waals surface area contributed by atoms with E-state index in [0.29, 0.717) is 0 Å². The Morgan fingerprint density at radius 3 is 1.90 bits per heavy atom. The Balaban J connectivity index is 3.14. The molecule has 2 N–H and O–H groups in total. The highest BCUT2D eigenvalue weighted by Crippen LogP contribution is 2.28. The van der Waals surface area contributed by atoms with Crippen LogP contribution in [0.4, 0.5) is 0 Å². The van der Waals surface area contributed by atoms with E-state index in [9.17, 15) is 10.2 Å². The van der Waals surface area contributed by atoms with Crippen LogP contribution in [-0.4, -0.2) is 47.6 Å². The molecule has 2 radical (unpaired) electrons. The van der Waals surface area contributed by atoms with E-state index in [1.54, 1.807) is 48.7 Å². The summed E-state index contributed by atoms with van der Waals surface area (Å²) in [5, 5.41) is 20.7. The zero-order chi connectivity index (χ0) is 22.7. The van der Waals surface area contributed by atoms with E-state index < -0.39 is 22.4 Å². The predicted octanol–water partition coefficient (Wildman–Crippen LogP) is 3.69. The van der Waals surface area contributed by atoms with Gasteiger partial charge in [0.2, 0.25) is 0 Å². The maximum absolute atomic E-state index is 10.3. The van der Waals surface area contributed by atoms with Crippen LogP contribution in [0, 0.1) is 0 Å². The van der Waals surface area contributed by atoms with Gasteiger partial charge in [-0.25, -0.2) is 0 Å². The minimum absolute atomic E-state index is 0.765. The second-order valence-corrected chi connectivity index (χ2v) is 9.37. The molecular weight excluding hydrogens is 362 g/mol. The zero-order valence-electron chi connectivity index (χ0n) is 19.5. The smallest absolute Gasteiger partial charge is 0.331 e. The van der Waals surface area contributed by atoms with E-state index in [1.165, 1.54) is 0 Å². The standard InChI is InChI=1S/C23H36B2O4/c1-11-16-17(18(12-2)24-28-22(7,8)20(3,4)26)14-13-15-19(16)25-29-23(9,10)21(5,6)27/h11-15,26-27H,1H2,2-10H3/b18-12+. The Bertz CT molecular complexity index is 738. The van der Waals surface area contributed by atoms with Crippen LogP contribution in [0.15, 0.2) is 30.9 Å². The van der Waals surface area contributed by atoms with Crippen LogP contribution >= 0.6 is 0 Å². The normalized spacial score (nSPS) is 14.0. The monoisotopic (exact) mass is 398 g/mol. The van der Waals surface area contributed by atoms with Crippen molar-refractivity contribution in [2.75, 3.05) is 0 Å². The molecule has 0 aliphatic heterocycles. The first kappa shape index (κ1) is 25.7. The molecule has 1 rings (SSSR count). The van der Waals surface area contributed by atoms with E-state index in [1.807, 2.05) is 58.9 Å². The molecule has 0 saturated carbocycles. The number of allylic oxidation sites excluding steroid dienone is 1. The Labute approximate surface area is 178 Å². The largest absolute Gasteiger partial charge is 0.427 e. The predicted molar refractivity (Wildman–Crippen MR) is 124 cm³/mol. The summed E-state index contributed by atoms with van der Waals surface area (Å²) in [6, 6.07) is 5.87. The first-order valence-electron chi connectivity index (χ1n) is 9.96. The van der Waals surface area contributed by atoms with Crippen LogP contribution in [0.3, 0.4) is 0 Å². The van der Waals surface area contributed by atoms with Crippen molar-refractivity contribution in [3.05, 3.63) is 42.0 Å². The van der Waals surface area contributed by atoms with Gasteiger partial charge in [0.25, 0.3) is 0 Å². The summed E-state index contributed by atoms with van der Waals surface area (Å²) in [5.74, 6) is 0. The van der Waals surface area contributed by atoms with Gasteiger partial charge in [0.05, 0.1) is 22.4 Å². The van der Waals surface area contributed by atoms with Gasteiger partial charge in [-0.2, -0.15) is 0 Å². The average Bonchev–Trinajstić information content (AvgIpc) is 2.58. The fourth-order valence-corrected chi connectivity index (χ4v) is 2.16. The molecule has 0 fully saturated rings. The summed E-state index contributed by atoms with van der Waals surface area (Å²) in [7, 11) is 3.33. The number of rotatable bonds is 10. The molecule has 0 saturated heterocycles. The van der Waals surface area contributed by atoms with Crippen molar-refractivity contribution in [1.29, 1.82) is 0 Å². The van der Waals surface area contributed by atoms with Crippen LogP contribution in [0.25, 0.3) is 11.5 Å². The average molecular weight is 398 g/mol. The summed E-state index contributed by atoms with van der Waals surface area (Å²) in [6.45, 7) is 20.2. The Morgan fingerprint density at radius 1 is 0.931 bits per heavy atom. The van der Waals surface area contributed by atoms with E-state index in [0.717, 1.165) is 22.1 Å². The molecule has 1 aromatic rings. The van der Waals surface area contributed by atoms with E-state index in [2.05, 4.69) is 6.58 Å². The number of hydrogen-bond acceptors (Lipinski definition) is 4. The molecule has 0 amide bonds. The summed E-state index contributed by atoms with van der Waals surface area (Å²) in [6.07, 6.45) is 3.73. The second kappa shape index (κ2) is 9.22. The molecule has 4 nitrogen and oxygen atoms in total. The zero-order valence-corrected chi connectivity index (χ0v) is 19.5. The van der Waals surface area contributed by atoms with Crippen molar-refractivity contribution in [2.45, 2.75) is 84.7 Å². The molecule has 0 spiro atoms. The van der Waals surface area contributed by atoms with E-state index >= 15 is 0 Å². The molecule has 0 aliphatic carbocycles. The maximum atomic E-state index is 10.3. The minimum atomic E-state index is -1.01. The molecular formula is C23H36B2O4. The van der Waals surface area contributed by atoms with Gasteiger partial charge < -0.3 is 19.5 Å². The van der Waals surface area contributed by atoms with Gasteiger partial charge in [-0.1, -0.05) is 36.9 Å². The van der Waals surface area contributed by atoms with Crippen molar-refractivity contribution in [1.82, 2.24) is 0 Å². The number of hydrogen-bond donors (Lipinski definition) is 2. The Hall–Kier alpha value is -1.33. The first-order chi connectivity index (χ1) is 13.1. The second-order valence-electron chi connectivity index (χ2n) is 9.37. The fourth-order valence-electron chi connectivity index (χ4n) is 2.16. The summed E-state index contributed by atoms with van der Waals surface area (Å²) < 4.78 is 11.9. The lowest BCUT2D eigenvalue weighted by Crippen LogP contribution is -2.49. The Morgan fingerprint density at radius 2 is 1.45 bits per heavy atom. The SMILES string of the molecule is C=Cc1c([B]OC(C)(C)C(C)(C)O)cccc1/C([B]OC(C)(C)C(C)(C)O)=C\C. The van der Waals surface area contributed by atoms with Gasteiger partial charge in [-0.15, -0.1) is 0 Å². The number of benzene rings is 1. The molecule has 0 atom stereocenters. The molecule has 0 aromatic heterocycles. The third-order valence-corrected chi connectivity index (χ3v) is 5.87. The molecule has 29 heavy (non-hydrogen) atoms. The highest BCUT2D eigenvalue weighted by atomic mass is 16.5. The third kappa shape index (κ3) is 6.32. The minimum Gasteiger partial charge on any atom is -0.427 e. The molecule has 0 unspecified atom stereocenters. The first-order valence-corrected chi connectivity index (χ1v) is 9.96. The topological polar surface area (TPSA) is 58.9 Å². The van der Waals surface area contributed by atoms with Crippen molar-refractivity contribution < 1.29 is 19.5 Å². The van der Waals surface area contributed by atoms with Crippen LogP contribution in [0.2, 0.25) is 0 Å². The molecule has 0 heterocycles. The molecule has 6 heteroatoms. The lowest BCUT2D eigenvalue weighted by atomic mass is 9.73. The third-order valence-electron chi connectivity index (χ3n) is 5.87. The van der Waals surface area contributed by atoms with Crippen molar-refractivity contribution in [3.8, 4) is 0 Å². The highest BCUT2D eigenvalue weighted by molar-refractivity contribution is 6.56. The van der Waals surface area contributed by atoms with E-state index in [-0.39, 0.29) is 0 Å². The van der Waals surface area contributed by atoms with Crippen molar-refractivity contribution >= 4 is 32.0 Å². The van der Waals surface area contributed by atoms with Crippen LogP contribution in [-0.2, 0) is 9.31 Å². The lowest BCUT2D eigenvalue weighted by molar-refractivity contribution is -0.0893. The van der Waals surface area contributed by atoms with Gasteiger partial charge in [-0.3, -0.25) is 0 Å². The molecule has 158 valence electrons. The lowest BCUT2D eigenvalue weighted by Gasteiger charge is -2.38. The van der Waals surface area contributed by atoms with E-state index in [4.69, 9.17) is 9.31 Å². The Kier molecular flexibility index (Phi) is 8.17. The van der Waals surface area contributed by atoms with Crippen molar-refractivity contribution in [2.24, 2.45) is 0 Å². The van der Waals surface area contributed by atoms with Gasteiger partial charge >= 0.3 is 15.0 Å². The van der Waals surface area contributed by atoms with Crippen molar-refractivity contribution in [3.63, 3.8) is 0 Å². The quantitative estimate of drug-likeness (QED) is 0.591. The highest BCUT2D eigenvalue weighted by Gasteiger charge is 2.37. The molecule has 0 bridgehead atoms. The molecule has 0 aliphatic rings. The maximum Gasteiger partial charge on any atom is 0.331 e. The van der Waals surface area contributed by atoms with Crippen LogP contribution in [0.5, 0.6) is 0 Å².